The topological polar surface area (TPSA) is 91.4 Å². The molecule has 0 aromatic carbocycles. The molecular weight excluding hydrogens is 320 g/mol. The lowest BCUT2D eigenvalue weighted by Crippen LogP contribution is -2.52. The van der Waals surface area contributed by atoms with Crippen LogP contribution in [-0.4, -0.2) is 50.7 Å². The first-order chi connectivity index (χ1) is 12.1. The quantitative estimate of drug-likeness (QED) is 0.771. The van der Waals surface area contributed by atoms with Crippen molar-refractivity contribution in [2.75, 3.05) is 29.4 Å². The molecule has 0 radical (unpaired) electrons. The van der Waals surface area contributed by atoms with E-state index in [1.165, 1.54) is 0 Å². The van der Waals surface area contributed by atoms with Crippen LogP contribution < -0.4 is 9.80 Å². The predicted octanol–water partition coefficient (Wildman–Crippen LogP) is 1.78. The van der Waals surface area contributed by atoms with E-state index in [-0.39, 0.29) is 6.04 Å². The highest BCUT2D eigenvalue weighted by Gasteiger charge is 2.28. The number of pyridine rings is 1. The second-order valence-corrected chi connectivity index (χ2v) is 6.26. The van der Waals surface area contributed by atoms with Crippen LogP contribution in [0.15, 0.2) is 35.0 Å². The van der Waals surface area contributed by atoms with E-state index in [2.05, 4.69) is 36.7 Å². The van der Waals surface area contributed by atoms with Crippen molar-refractivity contribution >= 4 is 23.1 Å². The van der Waals surface area contributed by atoms with Crippen LogP contribution in [0.25, 0.3) is 11.2 Å². The number of hydrogen-bond donors (Lipinski definition) is 1. The fourth-order valence-electron chi connectivity index (χ4n) is 3.07. The molecule has 0 aliphatic carbocycles. The van der Waals surface area contributed by atoms with Gasteiger partial charge in [-0.1, -0.05) is 0 Å². The van der Waals surface area contributed by atoms with Crippen molar-refractivity contribution in [3.05, 3.63) is 36.4 Å². The Labute approximate surface area is 145 Å². The first-order valence-electron chi connectivity index (χ1n) is 8.36. The minimum absolute atomic E-state index is 0.201. The summed E-state index contributed by atoms with van der Waals surface area (Å²) >= 11 is 0. The summed E-state index contributed by atoms with van der Waals surface area (Å²) in [5, 5.41) is 9.68. The van der Waals surface area contributed by atoms with Crippen LogP contribution in [0.4, 0.5) is 11.8 Å². The van der Waals surface area contributed by atoms with Crippen molar-refractivity contribution in [3.8, 4) is 0 Å². The van der Waals surface area contributed by atoms with Gasteiger partial charge in [-0.25, -0.2) is 15.0 Å². The molecule has 0 bridgehead atoms. The SMILES string of the molecule is C[C@@H](O)c1nccc(N2CCN(c3nc4ncccc4o3)[C@@H](C)C2)n1. The second kappa shape index (κ2) is 6.29. The summed E-state index contributed by atoms with van der Waals surface area (Å²) in [5.41, 5.74) is 1.33. The number of aliphatic hydroxyl groups is 1. The minimum Gasteiger partial charge on any atom is -0.422 e. The Morgan fingerprint density at radius 1 is 1.20 bits per heavy atom. The molecular formula is C17H20N6O2. The summed E-state index contributed by atoms with van der Waals surface area (Å²) < 4.78 is 5.84. The maximum absolute atomic E-state index is 9.68. The molecule has 0 amide bonds. The monoisotopic (exact) mass is 340 g/mol. The molecule has 1 aliphatic rings. The Morgan fingerprint density at radius 2 is 2.08 bits per heavy atom. The Hall–Kier alpha value is -2.74. The van der Waals surface area contributed by atoms with Gasteiger partial charge < -0.3 is 19.3 Å². The summed E-state index contributed by atoms with van der Waals surface area (Å²) in [6.07, 6.45) is 2.73. The van der Waals surface area contributed by atoms with Gasteiger partial charge in [0.1, 0.15) is 11.9 Å². The number of hydrogen-bond acceptors (Lipinski definition) is 8. The number of piperazine rings is 1. The van der Waals surface area contributed by atoms with Crippen molar-refractivity contribution in [2.45, 2.75) is 26.0 Å². The van der Waals surface area contributed by atoms with Crippen LogP contribution in [0, 0.1) is 0 Å². The number of anilines is 2. The lowest BCUT2D eigenvalue weighted by molar-refractivity contribution is 0.189. The zero-order valence-corrected chi connectivity index (χ0v) is 14.2. The number of oxazole rings is 1. The molecule has 1 N–H and O–H groups in total. The second-order valence-electron chi connectivity index (χ2n) is 6.26. The first kappa shape index (κ1) is 15.8. The van der Waals surface area contributed by atoms with E-state index in [0.717, 1.165) is 25.5 Å². The Balaban J connectivity index is 1.53. The lowest BCUT2D eigenvalue weighted by Gasteiger charge is -2.39. The van der Waals surface area contributed by atoms with Crippen LogP contribution in [0.3, 0.4) is 0 Å². The van der Waals surface area contributed by atoms with Crippen LogP contribution >= 0.6 is 0 Å². The fourth-order valence-corrected chi connectivity index (χ4v) is 3.07. The van der Waals surface area contributed by atoms with E-state index in [0.29, 0.717) is 23.1 Å². The maximum Gasteiger partial charge on any atom is 0.300 e. The highest BCUT2D eigenvalue weighted by atomic mass is 16.4. The largest absolute Gasteiger partial charge is 0.422 e. The van der Waals surface area contributed by atoms with Gasteiger partial charge in [-0.3, -0.25) is 0 Å². The molecule has 3 aromatic rings. The van der Waals surface area contributed by atoms with Crippen LogP contribution in [0.2, 0.25) is 0 Å². The average Bonchev–Trinajstić information content (AvgIpc) is 3.05. The molecule has 25 heavy (non-hydrogen) atoms. The van der Waals surface area contributed by atoms with E-state index < -0.39 is 6.10 Å². The molecule has 8 heteroatoms. The van der Waals surface area contributed by atoms with Crippen LogP contribution in [-0.2, 0) is 0 Å². The van der Waals surface area contributed by atoms with Gasteiger partial charge in [0.25, 0.3) is 6.01 Å². The molecule has 8 nitrogen and oxygen atoms in total. The Morgan fingerprint density at radius 3 is 2.84 bits per heavy atom. The molecule has 3 aromatic heterocycles. The smallest absolute Gasteiger partial charge is 0.300 e. The fraction of sp³-hybridized carbons (Fsp3) is 0.412. The minimum atomic E-state index is -0.675. The molecule has 0 spiro atoms. The summed E-state index contributed by atoms with van der Waals surface area (Å²) in [6, 6.07) is 6.39. The number of aliphatic hydroxyl groups excluding tert-OH is 1. The third-order valence-electron chi connectivity index (χ3n) is 4.38. The van der Waals surface area contributed by atoms with Gasteiger partial charge in [0.15, 0.2) is 11.4 Å². The maximum atomic E-state index is 9.68. The van der Waals surface area contributed by atoms with Gasteiger partial charge in [0.2, 0.25) is 5.65 Å². The summed E-state index contributed by atoms with van der Waals surface area (Å²) in [4.78, 5) is 21.6. The van der Waals surface area contributed by atoms with E-state index in [4.69, 9.17) is 4.42 Å². The summed E-state index contributed by atoms with van der Waals surface area (Å²) in [7, 11) is 0. The lowest BCUT2D eigenvalue weighted by atomic mass is 10.2. The molecule has 2 atom stereocenters. The normalized spacial score (nSPS) is 19.4. The molecule has 0 unspecified atom stereocenters. The summed E-state index contributed by atoms with van der Waals surface area (Å²) in [6.45, 7) is 6.13. The third-order valence-corrected chi connectivity index (χ3v) is 4.38. The van der Waals surface area contributed by atoms with Gasteiger partial charge in [0, 0.05) is 38.1 Å². The van der Waals surface area contributed by atoms with Gasteiger partial charge in [-0.15, -0.1) is 0 Å². The number of rotatable bonds is 3. The standard InChI is InChI=1S/C17H20N6O2/c1-11-10-22(14-5-7-19-15(20-14)12(2)24)8-9-23(11)17-21-16-13(25-17)4-3-6-18-16/h3-7,11-12,24H,8-10H2,1-2H3/t11-,12+/m0/s1. The van der Waals surface area contributed by atoms with Gasteiger partial charge in [-0.2, -0.15) is 4.98 Å². The molecule has 0 saturated carbocycles. The first-order valence-corrected chi connectivity index (χ1v) is 8.36. The van der Waals surface area contributed by atoms with E-state index in [1.54, 1.807) is 19.3 Å². The van der Waals surface area contributed by atoms with E-state index in [1.807, 2.05) is 18.2 Å². The zero-order valence-electron chi connectivity index (χ0n) is 14.2. The number of aromatic nitrogens is 4. The van der Waals surface area contributed by atoms with Crippen LogP contribution in [0.1, 0.15) is 25.8 Å². The van der Waals surface area contributed by atoms with E-state index >= 15 is 0 Å². The third kappa shape index (κ3) is 3.00. The highest BCUT2D eigenvalue weighted by molar-refractivity contribution is 5.69. The molecule has 4 rings (SSSR count). The Kier molecular flexibility index (Phi) is 3.96. The molecule has 130 valence electrons. The number of nitrogens with zero attached hydrogens (tertiary/aromatic N) is 6. The highest BCUT2D eigenvalue weighted by Crippen LogP contribution is 2.25. The predicted molar refractivity (Wildman–Crippen MR) is 93.5 cm³/mol. The molecule has 4 heterocycles. The van der Waals surface area contributed by atoms with Crippen molar-refractivity contribution in [1.29, 1.82) is 0 Å². The van der Waals surface area contributed by atoms with Crippen molar-refractivity contribution in [3.63, 3.8) is 0 Å². The Bertz CT molecular complexity index is 847. The van der Waals surface area contributed by atoms with Crippen molar-refractivity contribution < 1.29 is 9.52 Å². The van der Waals surface area contributed by atoms with Gasteiger partial charge in [0.05, 0.1) is 0 Å². The van der Waals surface area contributed by atoms with Crippen molar-refractivity contribution in [1.82, 2.24) is 19.9 Å². The molecule has 1 saturated heterocycles. The van der Waals surface area contributed by atoms with Gasteiger partial charge in [-0.05, 0) is 32.0 Å². The number of fused-ring (bicyclic) bond motifs is 1. The molecule has 1 fully saturated rings. The zero-order chi connectivity index (χ0) is 17.4. The van der Waals surface area contributed by atoms with Gasteiger partial charge >= 0.3 is 0 Å². The average molecular weight is 340 g/mol. The summed E-state index contributed by atoms with van der Waals surface area (Å²) in [5.74, 6) is 1.27. The van der Waals surface area contributed by atoms with Crippen LogP contribution in [0.5, 0.6) is 0 Å². The van der Waals surface area contributed by atoms with E-state index in [9.17, 15) is 5.11 Å². The molecule has 1 aliphatic heterocycles. The van der Waals surface area contributed by atoms with Crippen molar-refractivity contribution in [2.24, 2.45) is 0 Å².